The molecule has 0 aromatic carbocycles. The van der Waals surface area contributed by atoms with Gasteiger partial charge in [0.05, 0.1) is 25.1 Å². The van der Waals surface area contributed by atoms with E-state index in [1.807, 2.05) is 6.92 Å². The molecule has 2 aromatic heterocycles. The van der Waals surface area contributed by atoms with Crippen LogP contribution in [0.4, 0.5) is 5.82 Å². The summed E-state index contributed by atoms with van der Waals surface area (Å²) in [7, 11) is -0.718. The monoisotopic (exact) mass is 436 g/mol. The number of nitrogens with one attached hydrogen (secondary N) is 1. The van der Waals surface area contributed by atoms with E-state index in [2.05, 4.69) is 24.1 Å². The van der Waals surface area contributed by atoms with Gasteiger partial charge in [0, 0.05) is 45.8 Å². The summed E-state index contributed by atoms with van der Waals surface area (Å²) in [6.07, 6.45) is 4.29. The Labute approximate surface area is 179 Å². The van der Waals surface area contributed by atoms with Crippen LogP contribution in [0.3, 0.4) is 0 Å². The van der Waals surface area contributed by atoms with Crippen LogP contribution in [0.2, 0.25) is 0 Å². The summed E-state index contributed by atoms with van der Waals surface area (Å²) in [5.41, 5.74) is 1.27. The van der Waals surface area contributed by atoms with E-state index < -0.39 is 10.8 Å². The Morgan fingerprint density at radius 3 is 2.79 bits per heavy atom. The predicted octanol–water partition coefficient (Wildman–Crippen LogP) is 3.63. The first-order valence-corrected chi connectivity index (χ1v) is 13.0. The number of thiophene rings is 1. The van der Waals surface area contributed by atoms with Gasteiger partial charge in [0.15, 0.2) is 0 Å². The average molecular weight is 437 g/mol. The molecule has 0 bridgehead atoms. The van der Waals surface area contributed by atoms with Crippen molar-refractivity contribution in [3.8, 4) is 0 Å². The standard InChI is InChI=1S/C21H32N4O2S2/c1-4-29(26)17-7-5-6-16(12-17)22-20-19-14(2)15(3)28-21(19)24-18(23-20)13-25-8-10-27-11-9-25/h16-17H,4-13H2,1-3H3,(H,22,23,24). The molecule has 29 heavy (non-hydrogen) atoms. The SMILES string of the molecule is CCS(=O)C1CCCC(Nc2nc(CN3CCOCC3)nc3sc(C)c(C)c23)C1. The maximum atomic E-state index is 12.4. The van der Waals surface area contributed by atoms with Crippen molar-refractivity contribution >= 4 is 38.2 Å². The van der Waals surface area contributed by atoms with Gasteiger partial charge in [0.1, 0.15) is 16.5 Å². The van der Waals surface area contributed by atoms with Gasteiger partial charge in [-0.15, -0.1) is 11.3 Å². The third-order valence-corrected chi connectivity index (χ3v) is 9.01. The molecule has 3 unspecified atom stereocenters. The molecule has 160 valence electrons. The van der Waals surface area contributed by atoms with Gasteiger partial charge >= 0.3 is 0 Å². The van der Waals surface area contributed by atoms with Crippen molar-refractivity contribution in [2.75, 3.05) is 37.4 Å². The molecule has 0 amide bonds. The molecule has 3 heterocycles. The highest BCUT2D eigenvalue weighted by Gasteiger charge is 2.27. The van der Waals surface area contributed by atoms with Crippen molar-refractivity contribution in [3.63, 3.8) is 0 Å². The van der Waals surface area contributed by atoms with Crippen molar-refractivity contribution in [1.82, 2.24) is 14.9 Å². The Hall–Kier alpha value is -1.09. The number of hydrogen-bond acceptors (Lipinski definition) is 7. The van der Waals surface area contributed by atoms with Crippen LogP contribution in [-0.2, 0) is 22.1 Å². The molecular weight excluding hydrogens is 404 g/mol. The van der Waals surface area contributed by atoms with Crippen LogP contribution in [-0.4, -0.2) is 62.4 Å². The summed E-state index contributed by atoms with van der Waals surface area (Å²) in [6, 6.07) is 0.332. The van der Waals surface area contributed by atoms with Gasteiger partial charge in [-0.3, -0.25) is 9.11 Å². The van der Waals surface area contributed by atoms with Crippen LogP contribution in [0.15, 0.2) is 0 Å². The Bertz CT molecular complexity index is 879. The van der Waals surface area contributed by atoms with E-state index in [-0.39, 0.29) is 0 Å². The van der Waals surface area contributed by atoms with Crippen molar-refractivity contribution in [3.05, 3.63) is 16.3 Å². The number of aromatic nitrogens is 2. The first-order chi connectivity index (χ1) is 14.0. The van der Waals surface area contributed by atoms with Gasteiger partial charge in [0.2, 0.25) is 0 Å². The number of rotatable bonds is 6. The number of hydrogen-bond donors (Lipinski definition) is 1. The minimum atomic E-state index is -0.718. The van der Waals surface area contributed by atoms with E-state index in [1.54, 1.807) is 11.3 Å². The zero-order chi connectivity index (χ0) is 20.4. The molecular formula is C21H32N4O2S2. The Morgan fingerprint density at radius 1 is 1.24 bits per heavy atom. The zero-order valence-electron chi connectivity index (χ0n) is 17.7. The molecule has 6 nitrogen and oxygen atoms in total. The van der Waals surface area contributed by atoms with Gasteiger partial charge in [-0.2, -0.15) is 0 Å². The average Bonchev–Trinajstić information content (AvgIpc) is 3.02. The molecule has 2 aliphatic rings. The molecule has 2 aromatic rings. The summed E-state index contributed by atoms with van der Waals surface area (Å²) < 4.78 is 17.8. The molecule has 4 rings (SSSR count). The number of ether oxygens (including phenoxy) is 1. The number of anilines is 1. The second kappa shape index (κ2) is 9.37. The van der Waals surface area contributed by atoms with Gasteiger partial charge in [-0.1, -0.05) is 13.3 Å². The Morgan fingerprint density at radius 2 is 2.03 bits per heavy atom. The number of morpholine rings is 1. The summed E-state index contributed by atoms with van der Waals surface area (Å²) in [4.78, 5) is 14.6. The molecule has 3 atom stereocenters. The van der Waals surface area contributed by atoms with Crippen LogP contribution < -0.4 is 5.32 Å². The molecule has 0 spiro atoms. The minimum Gasteiger partial charge on any atom is -0.379 e. The zero-order valence-corrected chi connectivity index (χ0v) is 19.3. The number of aryl methyl sites for hydroxylation is 2. The van der Waals surface area contributed by atoms with Gasteiger partial charge in [0.25, 0.3) is 0 Å². The summed E-state index contributed by atoms with van der Waals surface area (Å²) in [5.74, 6) is 2.60. The number of nitrogens with zero attached hydrogens (tertiary/aromatic N) is 3. The molecule has 1 saturated heterocycles. The maximum absolute atomic E-state index is 12.4. The summed E-state index contributed by atoms with van der Waals surface area (Å²) in [6.45, 7) is 10.5. The van der Waals surface area contributed by atoms with E-state index in [1.165, 1.54) is 10.4 Å². The van der Waals surface area contributed by atoms with E-state index in [0.29, 0.717) is 11.3 Å². The smallest absolute Gasteiger partial charge is 0.146 e. The lowest BCUT2D eigenvalue weighted by atomic mass is 9.95. The van der Waals surface area contributed by atoms with Crippen LogP contribution in [0.25, 0.3) is 10.2 Å². The van der Waals surface area contributed by atoms with Gasteiger partial charge in [-0.05, 0) is 38.7 Å². The molecule has 2 fully saturated rings. The minimum absolute atomic E-state index is 0.307. The molecule has 1 aliphatic heterocycles. The predicted molar refractivity (Wildman–Crippen MR) is 121 cm³/mol. The lowest BCUT2D eigenvalue weighted by molar-refractivity contribution is 0.0331. The molecule has 1 saturated carbocycles. The third-order valence-electron chi connectivity index (χ3n) is 6.17. The highest BCUT2D eigenvalue weighted by Crippen LogP contribution is 2.35. The van der Waals surface area contributed by atoms with Crippen LogP contribution in [0.5, 0.6) is 0 Å². The molecule has 0 radical (unpaired) electrons. The second-order valence-electron chi connectivity index (χ2n) is 8.14. The second-order valence-corrected chi connectivity index (χ2v) is 11.3. The summed E-state index contributed by atoms with van der Waals surface area (Å²) in [5, 5.41) is 5.21. The first-order valence-electron chi connectivity index (χ1n) is 10.8. The summed E-state index contributed by atoms with van der Waals surface area (Å²) >= 11 is 1.76. The molecule has 1 aliphatic carbocycles. The fraction of sp³-hybridized carbons (Fsp3) is 0.714. The quantitative estimate of drug-likeness (QED) is 0.746. The highest BCUT2D eigenvalue weighted by molar-refractivity contribution is 7.85. The fourth-order valence-corrected chi connectivity index (χ4v) is 6.77. The van der Waals surface area contributed by atoms with Crippen molar-refractivity contribution in [2.24, 2.45) is 0 Å². The lowest BCUT2D eigenvalue weighted by Crippen LogP contribution is -2.36. The van der Waals surface area contributed by atoms with E-state index in [4.69, 9.17) is 14.7 Å². The first kappa shape index (κ1) is 21.2. The van der Waals surface area contributed by atoms with Crippen LogP contribution >= 0.6 is 11.3 Å². The normalized spacial score (nSPS) is 24.7. The van der Waals surface area contributed by atoms with Crippen molar-refractivity contribution in [2.45, 2.75) is 64.3 Å². The Kier molecular flexibility index (Phi) is 6.83. The number of fused-ring (bicyclic) bond motifs is 1. The van der Waals surface area contributed by atoms with Crippen LogP contribution in [0, 0.1) is 13.8 Å². The molecule has 1 N–H and O–H groups in total. The lowest BCUT2D eigenvalue weighted by Gasteiger charge is -2.30. The Balaban J connectivity index is 1.60. The molecule has 8 heteroatoms. The third kappa shape index (κ3) is 4.81. The maximum Gasteiger partial charge on any atom is 0.146 e. The van der Waals surface area contributed by atoms with Gasteiger partial charge < -0.3 is 10.1 Å². The topological polar surface area (TPSA) is 67.4 Å². The van der Waals surface area contributed by atoms with E-state index in [0.717, 1.165) is 86.1 Å². The van der Waals surface area contributed by atoms with Crippen molar-refractivity contribution in [1.29, 1.82) is 0 Å². The van der Waals surface area contributed by atoms with Gasteiger partial charge in [-0.25, -0.2) is 9.97 Å². The largest absolute Gasteiger partial charge is 0.379 e. The van der Waals surface area contributed by atoms with E-state index in [9.17, 15) is 4.21 Å². The fourth-order valence-electron chi connectivity index (χ4n) is 4.37. The van der Waals surface area contributed by atoms with Crippen LogP contribution in [0.1, 0.15) is 48.9 Å². The van der Waals surface area contributed by atoms with E-state index >= 15 is 0 Å². The van der Waals surface area contributed by atoms with Crippen molar-refractivity contribution < 1.29 is 8.95 Å². The highest BCUT2D eigenvalue weighted by atomic mass is 32.2.